The monoisotopic (exact) mass is 220 g/mol. The first kappa shape index (κ1) is 14.8. The number of halogens is 3. The summed E-state index contributed by atoms with van der Waals surface area (Å²) in [5.41, 5.74) is 0. The summed E-state index contributed by atoms with van der Waals surface area (Å²) in [5.74, 6) is 0. The van der Waals surface area contributed by atoms with E-state index >= 15 is 0 Å². The summed E-state index contributed by atoms with van der Waals surface area (Å²) >= 11 is 0. The highest BCUT2D eigenvalue weighted by Gasteiger charge is 2.29. The average Bonchev–Trinajstić information content (AvgIpc) is 2.01. The van der Waals surface area contributed by atoms with Gasteiger partial charge in [0, 0.05) is 0 Å². The van der Waals surface area contributed by atoms with Crippen molar-refractivity contribution in [1.29, 1.82) is 0 Å². The summed E-state index contributed by atoms with van der Waals surface area (Å²) in [4.78, 5) is 18.5. The molecule has 0 aliphatic heterocycles. The Morgan fingerprint density at radius 1 is 1.21 bits per heavy atom. The van der Waals surface area contributed by atoms with Gasteiger partial charge in [-0.3, -0.25) is 0 Å². The third-order valence-electron chi connectivity index (χ3n) is 0.534. The summed E-state index contributed by atoms with van der Waals surface area (Å²) < 4.78 is 39.9. The van der Waals surface area contributed by atoms with E-state index < -0.39 is 25.1 Å². The van der Waals surface area contributed by atoms with E-state index in [1.807, 2.05) is 0 Å². The summed E-state index contributed by atoms with van der Waals surface area (Å²) in [7, 11) is 1.10. The SMILES string of the molecule is COC(=O)O.O=C(O)OCC(F)(F)F. The Labute approximate surface area is 75.8 Å². The molecule has 0 fully saturated rings. The number of hydrogen-bond donors (Lipinski definition) is 2. The lowest BCUT2D eigenvalue weighted by Crippen LogP contribution is -2.19. The van der Waals surface area contributed by atoms with E-state index in [0.717, 1.165) is 7.11 Å². The van der Waals surface area contributed by atoms with Crippen LogP contribution in [0.15, 0.2) is 0 Å². The Hall–Kier alpha value is -1.67. The van der Waals surface area contributed by atoms with Gasteiger partial charge >= 0.3 is 18.5 Å². The van der Waals surface area contributed by atoms with Crippen molar-refractivity contribution in [2.75, 3.05) is 13.7 Å². The van der Waals surface area contributed by atoms with Crippen molar-refractivity contribution in [2.45, 2.75) is 6.18 Å². The fourth-order valence-corrected chi connectivity index (χ4v) is 0.144. The normalized spacial score (nSPS) is 9.43. The third-order valence-corrected chi connectivity index (χ3v) is 0.534. The van der Waals surface area contributed by atoms with E-state index in [1.165, 1.54) is 0 Å². The molecule has 0 saturated heterocycles. The van der Waals surface area contributed by atoms with Gasteiger partial charge in [-0.1, -0.05) is 0 Å². The van der Waals surface area contributed by atoms with Crippen LogP contribution in [-0.4, -0.2) is 42.4 Å². The molecule has 0 spiro atoms. The molecule has 0 radical (unpaired) electrons. The first-order valence-electron chi connectivity index (χ1n) is 2.88. The second-order valence-corrected chi connectivity index (χ2v) is 1.64. The lowest BCUT2D eigenvalue weighted by atomic mass is 10.7. The molecule has 0 aliphatic carbocycles. The molecule has 0 aliphatic rings. The van der Waals surface area contributed by atoms with E-state index in [0.29, 0.717) is 0 Å². The quantitative estimate of drug-likeness (QED) is 0.651. The van der Waals surface area contributed by atoms with Gasteiger partial charge in [0.1, 0.15) is 0 Å². The lowest BCUT2D eigenvalue weighted by Gasteiger charge is -2.02. The van der Waals surface area contributed by atoms with Crippen LogP contribution in [0.25, 0.3) is 0 Å². The minimum Gasteiger partial charge on any atom is -0.450 e. The van der Waals surface area contributed by atoms with E-state index in [9.17, 15) is 18.0 Å². The number of alkyl halides is 3. The largest absolute Gasteiger partial charge is 0.506 e. The molecule has 0 saturated carbocycles. The molecule has 0 amide bonds. The Morgan fingerprint density at radius 2 is 1.57 bits per heavy atom. The number of methoxy groups -OCH3 is 1. The predicted molar refractivity (Wildman–Crippen MR) is 35.1 cm³/mol. The van der Waals surface area contributed by atoms with Crippen LogP contribution in [0.3, 0.4) is 0 Å². The molecule has 2 N–H and O–H groups in total. The van der Waals surface area contributed by atoms with Crippen LogP contribution in [0.4, 0.5) is 22.8 Å². The standard InChI is InChI=1S/C3H3F3O3.C2H4O3/c4-3(5,6)1-9-2(7)8;1-5-2(3)4/h1H2,(H,7,8);1H3,(H,3,4). The van der Waals surface area contributed by atoms with Gasteiger partial charge in [0.05, 0.1) is 7.11 Å². The summed E-state index contributed by atoms with van der Waals surface area (Å²) in [5, 5.41) is 15.1. The van der Waals surface area contributed by atoms with Crippen molar-refractivity contribution in [3.05, 3.63) is 0 Å². The number of hydrogen-bond acceptors (Lipinski definition) is 4. The number of carbonyl (C=O) groups is 2. The highest BCUT2D eigenvalue weighted by molar-refractivity contribution is 5.56. The molecular formula is C5H7F3O6. The van der Waals surface area contributed by atoms with Gasteiger partial charge in [-0.15, -0.1) is 0 Å². The van der Waals surface area contributed by atoms with E-state index in [1.54, 1.807) is 0 Å². The fourth-order valence-electron chi connectivity index (χ4n) is 0.144. The van der Waals surface area contributed by atoms with Gasteiger partial charge in [0.15, 0.2) is 6.61 Å². The van der Waals surface area contributed by atoms with E-state index in [2.05, 4.69) is 9.47 Å². The minimum absolute atomic E-state index is 1.10. The zero-order valence-corrected chi connectivity index (χ0v) is 6.87. The number of carboxylic acid groups (broad SMARTS) is 2. The van der Waals surface area contributed by atoms with Crippen LogP contribution in [0.2, 0.25) is 0 Å². The predicted octanol–water partition coefficient (Wildman–Crippen LogP) is 1.55. The maximum Gasteiger partial charge on any atom is 0.506 e. The summed E-state index contributed by atoms with van der Waals surface area (Å²) in [6.07, 6.45) is -7.74. The first-order chi connectivity index (χ1) is 6.19. The van der Waals surface area contributed by atoms with Crippen molar-refractivity contribution >= 4 is 12.3 Å². The topological polar surface area (TPSA) is 93.1 Å². The zero-order chi connectivity index (χ0) is 11.8. The van der Waals surface area contributed by atoms with Crippen LogP contribution >= 0.6 is 0 Å². The smallest absolute Gasteiger partial charge is 0.450 e. The molecule has 0 bridgehead atoms. The molecule has 14 heavy (non-hydrogen) atoms. The van der Waals surface area contributed by atoms with Crippen molar-refractivity contribution in [2.24, 2.45) is 0 Å². The molecule has 0 aromatic carbocycles. The van der Waals surface area contributed by atoms with Crippen molar-refractivity contribution in [3.8, 4) is 0 Å². The van der Waals surface area contributed by atoms with E-state index in [-0.39, 0.29) is 0 Å². The van der Waals surface area contributed by atoms with Gasteiger partial charge in [-0.05, 0) is 0 Å². The summed E-state index contributed by atoms with van der Waals surface area (Å²) in [6.45, 7) is -1.75. The van der Waals surface area contributed by atoms with Gasteiger partial charge in [-0.25, -0.2) is 9.59 Å². The molecule has 6 nitrogen and oxygen atoms in total. The van der Waals surface area contributed by atoms with Crippen molar-refractivity contribution in [1.82, 2.24) is 0 Å². The van der Waals surface area contributed by atoms with Crippen molar-refractivity contribution in [3.63, 3.8) is 0 Å². The maximum absolute atomic E-state index is 11.0. The fraction of sp³-hybridized carbons (Fsp3) is 0.600. The molecule has 0 heterocycles. The molecular weight excluding hydrogens is 213 g/mol. The molecule has 0 aromatic heterocycles. The molecule has 84 valence electrons. The lowest BCUT2D eigenvalue weighted by molar-refractivity contribution is -0.163. The van der Waals surface area contributed by atoms with Gasteiger partial charge in [0.2, 0.25) is 0 Å². The number of rotatable bonds is 1. The second-order valence-electron chi connectivity index (χ2n) is 1.64. The Morgan fingerprint density at radius 3 is 1.64 bits per heavy atom. The zero-order valence-electron chi connectivity index (χ0n) is 6.87. The third kappa shape index (κ3) is 22.4. The molecule has 0 atom stereocenters. The Balaban J connectivity index is 0. The van der Waals surface area contributed by atoms with Crippen molar-refractivity contribution < 1.29 is 42.4 Å². The van der Waals surface area contributed by atoms with Crippen LogP contribution in [0.1, 0.15) is 0 Å². The molecule has 0 aromatic rings. The maximum atomic E-state index is 11.0. The van der Waals surface area contributed by atoms with Crippen LogP contribution in [0.5, 0.6) is 0 Å². The Kier molecular flexibility index (Phi) is 7.21. The minimum atomic E-state index is -4.57. The Bertz CT molecular complexity index is 188. The molecule has 0 unspecified atom stereocenters. The molecule has 0 rings (SSSR count). The summed E-state index contributed by atoms with van der Waals surface area (Å²) in [6, 6.07) is 0. The van der Waals surface area contributed by atoms with E-state index in [4.69, 9.17) is 15.0 Å². The van der Waals surface area contributed by atoms with Crippen LogP contribution < -0.4 is 0 Å². The highest BCUT2D eigenvalue weighted by Crippen LogP contribution is 2.14. The first-order valence-corrected chi connectivity index (χ1v) is 2.88. The molecule has 9 heteroatoms. The second kappa shape index (κ2) is 6.80. The van der Waals surface area contributed by atoms with Gasteiger partial charge in [0.25, 0.3) is 0 Å². The van der Waals surface area contributed by atoms with Gasteiger partial charge in [-0.2, -0.15) is 13.2 Å². The van der Waals surface area contributed by atoms with Crippen LogP contribution in [-0.2, 0) is 9.47 Å². The van der Waals surface area contributed by atoms with Gasteiger partial charge < -0.3 is 19.7 Å². The highest BCUT2D eigenvalue weighted by atomic mass is 19.4. The average molecular weight is 220 g/mol. The number of ether oxygens (including phenoxy) is 2. The van der Waals surface area contributed by atoms with Crippen LogP contribution in [0, 0.1) is 0 Å².